The van der Waals surface area contributed by atoms with E-state index in [0.29, 0.717) is 11.2 Å². The van der Waals surface area contributed by atoms with Gasteiger partial charge in [0, 0.05) is 6.07 Å². The number of nitrogens with one attached hydrogen (secondary N) is 1. The molecule has 62 valence electrons. The number of ether oxygens (including phenoxy) is 1. The van der Waals surface area contributed by atoms with Crippen molar-refractivity contribution < 1.29 is 4.74 Å². The fourth-order valence-corrected chi connectivity index (χ4v) is 1.22. The van der Waals surface area contributed by atoms with Gasteiger partial charge in [0.15, 0.2) is 5.65 Å². The maximum absolute atomic E-state index is 5.19. The fourth-order valence-electron chi connectivity index (χ4n) is 0.952. The molecular formula is C7H6BrN3O. The Labute approximate surface area is 77.1 Å². The Kier molecular flexibility index (Phi) is 1.95. The van der Waals surface area contributed by atoms with Crippen LogP contribution in [0.3, 0.4) is 0 Å². The predicted molar refractivity (Wildman–Crippen MR) is 48.3 cm³/mol. The van der Waals surface area contributed by atoms with Crippen molar-refractivity contribution in [3.05, 3.63) is 18.6 Å². The van der Waals surface area contributed by atoms with E-state index in [-0.39, 0.29) is 0 Å². The van der Waals surface area contributed by atoms with Crippen molar-refractivity contribution >= 4 is 27.1 Å². The van der Waals surface area contributed by atoms with Gasteiger partial charge in [-0.05, 0) is 15.9 Å². The van der Waals surface area contributed by atoms with E-state index in [2.05, 4.69) is 30.9 Å². The average molecular weight is 228 g/mol. The first kappa shape index (κ1) is 7.54. The number of hydrogen-bond donors (Lipinski definition) is 1. The van der Waals surface area contributed by atoms with Gasteiger partial charge >= 0.3 is 0 Å². The smallest absolute Gasteiger partial charge is 0.177 e. The van der Waals surface area contributed by atoms with Crippen LogP contribution in [0, 0.1) is 0 Å². The number of imidazole rings is 1. The summed E-state index contributed by atoms with van der Waals surface area (Å²) in [5.74, 6) is 0.726. The molecule has 0 aliphatic carbocycles. The van der Waals surface area contributed by atoms with Crippen LogP contribution in [0.15, 0.2) is 18.6 Å². The number of halogens is 1. The van der Waals surface area contributed by atoms with Crippen LogP contribution < -0.4 is 4.74 Å². The van der Waals surface area contributed by atoms with E-state index in [1.807, 2.05) is 6.07 Å². The zero-order chi connectivity index (χ0) is 8.39. The van der Waals surface area contributed by atoms with Gasteiger partial charge in [0.25, 0.3) is 0 Å². The van der Waals surface area contributed by atoms with Gasteiger partial charge in [-0.2, -0.15) is 0 Å². The average Bonchev–Trinajstić information content (AvgIpc) is 2.51. The summed E-state index contributed by atoms with van der Waals surface area (Å²) in [6, 6.07) is 1.86. The number of hydrogen-bond acceptors (Lipinski definition) is 3. The molecule has 2 aromatic rings. The first-order chi connectivity index (χ1) is 5.90. The van der Waals surface area contributed by atoms with E-state index in [1.165, 1.54) is 0 Å². The Morgan fingerprint density at radius 3 is 3.25 bits per heavy atom. The Morgan fingerprint density at radius 1 is 1.50 bits per heavy atom. The Bertz CT molecular complexity index is 387. The lowest BCUT2D eigenvalue weighted by molar-refractivity contribution is 0.397. The second kappa shape index (κ2) is 3.10. The minimum Gasteiger partial charge on any atom is -0.481 e. The molecule has 0 aliphatic heterocycles. The SMILES string of the molecule is BrCOc1cnc2nc[nH]c2c1. The van der Waals surface area contributed by atoms with Gasteiger partial charge < -0.3 is 9.72 Å². The third-order valence-electron chi connectivity index (χ3n) is 1.47. The van der Waals surface area contributed by atoms with Gasteiger partial charge in [0.2, 0.25) is 0 Å². The van der Waals surface area contributed by atoms with Crippen LogP contribution in [0.1, 0.15) is 0 Å². The largest absolute Gasteiger partial charge is 0.481 e. The minimum absolute atomic E-state index is 0.467. The van der Waals surface area contributed by atoms with Crippen molar-refractivity contribution in [3.63, 3.8) is 0 Å². The number of H-pyrrole nitrogens is 1. The lowest BCUT2D eigenvalue weighted by Crippen LogP contribution is -1.89. The van der Waals surface area contributed by atoms with Crippen molar-refractivity contribution in [3.8, 4) is 5.75 Å². The lowest BCUT2D eigenvalue weighted by Gasteiger charge is -1.99. The summed E-state index contributed by atoms with van der Waals surface area (Å²) in [6.45, 7) is 0. The monoisotopic (exact) mass is 227 g/mol. The minimum atomic E-state index is 0.467. The van der Waals surface area contributed by atoms with Crippen molar-refractivity contribution in [1.29, 1.82) is 0 Å². The Hall–Kier alpha value is -1.10. The summed E-state index contributed by atoms with van der Waals surface area (Å²) in [7, 11) is 0. The fraction of sp³-hybridized carbons (Fsp3) is 0.143. The van der Waals surface area contributed by atoms with Crippen molar-refractivity contribution in [2.24, 2.45) is 0 Å². The highest BCUT2D eigenvalue weighted by Crippen LogP contribution is 2.14. The molecule has 2 heterocycles. The van der Waals surface area contributed by atoms with E-state index in [4.69, 9.17) is 4.74 Å². The van der Waals surface area contributed by atoms with Crippen molar-refractivity contribution in [2.45, 2.75) is 0 Å². The van der Waals surface area contributed by atoms with Gasteiger partial charge in [-0.1, -0.05) is 0 Å². The molecule has 0 fully saturated rings. The zero-order valence-corrected chi connectivity index (χ0v) is 7.71. The number of aromatic amines is 1. The summed E-state index contributed by atoms with van der Waals surface area (Å²) in [5.41, 5.74) is 2.05. The third kappa shape index (κ3) is 1.27. The topological polar surface area (TPSA) is 50.8 Å². The number of pyridine rings is 1. The molecular weight excluding hydrogens is 222 g/mol. The van der Waals surface area contributed by atoms with Crippen LogP contribution in [0.25, 0.3) is 11.2 Å². The molecule has 1 N–H and O–H groups in total. The molecule has 0 saturated carbocycles. The molecule has 12 heavy (non-hydrogen) atoms. The number of rotatable bonds is 2. The molecule has 0 spiro atoms. The number of aromatic nitrogens is 3. The quantitative estimate of drug-likeness (QED) is 0.795. The van der Waals surface area contributed by atoms with E-state index in [0.717, 1.165) is 11.3 Å². The molecule has 2 rings (SSSR count). The lowest BCUT2D eigenvalue weighted by atomic mass is 10.4. The van der Waals surface area contributed by atoms with Crippen molar-refractivity contribution in [1.82, 2.24) is 15.0 Å². The van der Waals surface area contributed by atoms with Crippen molar-refractivity contribution in [2.75, 3.05) is 5.52 Å². The highest BCUT2D eigenvalue weighted by molar-refractivity contribution is 9.09. The molecule has 0 atom stereocenters. The molecule has 0 aromatic carbocycles. The van der Waals surface area contributed by atoms with Crippen LogP contribution >= 0.6 is 15.9 Å². The summed E-state index contributed by atoms with van der Waals surface area (Å²) in [4.78, 5) is 11.0. The maximum atomic E-state index is 5.19. The van der Waals surface area contributed by atoms with E-state index < -0.39 is 0 Å². The number of fused-ring (bicyclic) bond motifs is 1. The highest BCUT2D eigenvalue weighted by atomic mass is 79.9. The second-order valence-electron chi connectivity index (χ2n) is 2.20. The van der Waals surface area contributed by atoms with Gasteiger partial charge in [0.05, 0.1) is 18.0 Å². The Balaban J connectivity index is 2.46. The van der Waals surface area contributed by atoms with E-state index in [1.54, 1.807) is 12.5 Å². The first-order valence-electron chi connectivity index (χ1n) is 3.38. The molecule has 0 bridgehead atoms. The van der Waals surface area contributed by atoms with Gasteiger partial charge in [-0.3, -0.25) is 0 Å². The van der Waals surface area contributed by atoms with Crippen LogP contribution in [-0.4, -0.2) is 20.5 Å². The normalized spacial score (nSPS) is 10.4. The molecule has 0 amide bonds. The van der Waals surface area contributed by atoms with Gasteiger partial charge in [-0.25, -0.2) is 9.97 Å². The molecule has 0 saturated heterocycles. The summed E-state index contributed by atoms with van der Waals surface area (Å²) >= 11 is 3.17. The number of nitrogens with zero attached hydrogens (tertiary/aromatic N) is 2. The summed E-state index contributed by atoms with van der Waals surface area (Å²) in [6.07, 6.45) is 3.25. The summed E-state index contributed by atoms with van der Waals surface area (Å²) < 4.78 is 5.19. The zero-order valence-electron chi connectivity index (χ0n) is 6.12. The molecule has 0 unspecified atom stereocenters. The molecule has 4 nitrogen and oxygen atoms in total. The van der Waals surface area contributed by atoms with E-state index in [9.17, 15) is 0 Å². The Morgan fingerprint density at radius 2 is 2.42 bits per heavy atom. The maximum Gasteiger partial charge on any atom is 0.177 e. The highest BCUT2D eigenvalue weighted by Gasteiger charge is 1.98. The predicted octanol–water partition coefficient (Wildman–Crippen LogP) is 1.69. The third-order valence-corrected chi connectivity index (χ3v) is 1.70. The molecule has 2 aromatic heterocycles. The molecule has 5 heteroatoms. The number of alkyl halides is 1. The van der Waals surface area contributed by atoms with Crippen LogP contribution in [0.2, 0.25) is 0 Å². The summed E-state index contributed by atoms with van der Waals surface area (Å²) in [5, 5.41) is 0. The first-order valence-corrected chi connectivity index (χ1v) is 4.50. The second-order valence-corrected chi connectivity index (χ2v) is 2.66. The molecule has 0 radical (unpaired) electrons. The van der Waals surface area contributed by atoms with Gasteiger partial charge in [-0.15, -0.1) is 0 Å². The standard InChI is InChI=1S/C7H6BrN3O/c8-3-12-5-1-6-7(9-2-5)11-4-10-6/h1-2,4H,3H2,(H,9,10,11). The van der Waals surface area contributed by atoms with Crippen LogP contribution in [-0.2, 0) is 0 Å². The molecule has 0 aliphatic rings. The van der Waals surface area contributed by atoms with Crippen LogP contribution in [0.5, 0.6) is 5.75 Å². The van der Waals surface area contributed by atoms with Crippen LogP contribution in [0.4, 0.5) is 0 Å². The van der Waals surface area contributed by atoms with Gasteiger partial charge in [0.1, 0.15) is 11.3 Å². The van der Waals surface area contributed by atoms with E-state index >= 15 is 0 Å².